The minimum atomic E-state index is -0.174. The zero-order valence-electron chi connectivity index (χ0n) is 11.9. The second kappa shape index (κ2) is 6.75. The third-order valence-electron chi connectivity index (χ3n) is 3.23. The number of alkyl halides is 1. The second-order valence-corrected chi connectivity index (χ2v) is 5.55. The van der Waals surface area contributed by atoms with E-state index < -0.39 is 0 Å². The molecular weight excluding hydrogens is 274 g/mol. The van der Waals surface area contributed by atoms with Crippen molar-refractivity contribution in [1.82, 2.24) is 15.1 Å². The van der Waals surface area contributed by atoms with Crippen molar-refractivity contribution in [3.05, 3.63) is 30.0 Å². The Labute approximate surface area is 124 Å². The predicted molar refractivity (Wildman–Crippen MR) is 81.8 cm³/mol. The Morgan fingerprint density at radius 1 is 1.40 bits per heavy atom. The number of amides is 1. The Morgan fingerprint density at radius 3 is 2.85 bits per heavy atom. The Morgan fingerprint density at radius 2 is 2.15 bits per heavy atom. The molecule has 1 N–H and O–H groups in total. The standard InChI is InChI=1S/C15H20ClN3O/c1-11(2)7-8-19-14-6-4-3-5-12(14)13(18-19)10-17-15(20)9-16/h3-6,11H,7-10H2,1-2H3,(H,17,20). The number of rotatable bonds is 6. The molecule has 1 aromatic heterocycles. The van der Waals surface area contributed by atoms with Gasteiger partial charge in [-0.2, -0.15) is 5.10 Å². The van der Waals surface area contributed by atoms with Gasteiger partial charge in [-0.05, 0) is 18.4 Å². The molecule has 0 atom stereocenters. The van der Waals surface area contributed by atoms with E-state index in [1.54, 1.807) is 0 Å². The van der Waals surface area contributed by atoms with Gasteiger partial charge in [-0.3, -0.25) is 9.48 Å². The minimum absolute atomic E-state index is 0.0218. The third kappa shape index (κ3) is 3.51. The van der Waals surface area contributed by atoms with Crippen molar-refractivity contribution in [2.45, 2.75) is 33.4 Å². The lowest BCUT2D eigenvalue weighted by molar-refractivity contribution is -0.118. The van der Waals surface area contributed by atoms with Crippen LogP contribution in [-0.4, -0.2) is 21.6 Å². The maximum Gasteiger partial charge on any atom is 0.235 e. The maximum atomic E-state index is 11.3. The number of carbonyl (C=O) groups excluding carboxylic acids is 1. The fraction of sp³-hybridized carbons (Fsp3) is 0.467. The Balaban J connectivity index is 2.23. The summed E-state index contributed by atoms with van der Waals surface area (Å²) in [6.45, 7) is 5.71. The number of aromatic nitrogens is 2. The Bertz CT molecular complexity index is 592. The fourth-order valence-corrected chi connectivity index (χ4v) is 2.20. The van der Waals surface area contributed by atoms with E-state index in [2.05, 4.69) is 30.3 Å². The molecule has 0 aliphatic heterocycles. The van der Waals surface area contributed by atoms with E-state index in [0.717, 1.165) is 29.6 Å². The average molecular weight is 294 g/mol. The Kier molecular flexibility index (Phi) is 5.01. The van der Waals surface area contributed by atoms with Gasteiger partial charge in [0.25, 0.3) is 0 Å². The fourth-order valence-electron chi connectivity index (χ4n) is 2.11. The van der Waals surface area contributed by atoms with Crippen molar-refractivity contribution in [3.63, 3.8) is 0 Å². The normalized spacial score (nSPS) is 11.2. The van der Waals surface area contributed by atoms with Crippen LogP contribution in [0.4, 0.5) is 0 Å². The van der Waals surface area contributed by atoms with Gasteiger partial charge in [-0.1, -0.05) is 32.0 Å². The number of aryl methyl sites for hydroxylation is 1. The molecule has 0 radical (unpaired) electrons. The van der Waals surface area contributed by atoms with E-state index >= 15 is 0 Å². The van der Waals surface area contributed by atoms with Crippen LogP contribution in [0, 0.1) is 5.92 Å². The quantitative estimate of drug-likeness (QED) is 0.833. The number of fused-ring (bicyclic) bond motifs is 1. The summed E-state index contributed by atoms with van der Waals surface area (Å²) in [4.78, 5) is 11.3. The number of hydrogen-bond donors (Lipinski definition) is 1. The Hall–Kier alpha value is -1.55. The van der Waals surface area contributed by atoms with E-state index in [-0.39, 0.29) is 11.8 Å². The molecule has 0 bridgehead atoms. The summed E-state index contributed by atoms with van der Waals surface area (Å²) in [6.07, 6.45) is 1.08. The smallest absolute Gasteiger partial charge is 0.235 e. The molecule has 1 heterocycles. The van der Waals surface area contributed by atoms with Gasteiger partial charge in [0.15, 0.2) is 0 Å². The number of benzene rings is 1. The number of para-hydroxylation sites is 1. The number of halogens is 1. The molecule has 5 heteroatoms. The molecular formula is C15H20ClN3O. The molecule has 0 aliphatic rings. The van der Waals surface area contributed by atoms with Gasteiger partial charge in [0, 0.05) is 11.9 Å². The molecule has 0 fully saturated rings. The van der Waals surface area contributed by atoms with Gasteiger partial charge < -0.3 is 5.32 Å². The molecule has 0 saturated heterocycles. The molecule has 20 heavy (non-hydrogen) atoms. The lowest BCUT2D eigenvalue weighted by Gasteiger charge is -2.05. The highest BCUT2D eigenvalue weighted by molar-refractivity contribution is 6.27. The first-order valence-electron chi connectivity index (χ1n) is 6.89. The first-order chi connectivity index (χ1) is 9.61. The van der Waals surface area contributed by atoms with Crippen molar-refractivity contribution in [3.8, 4) is 0 Å². The molecule has 0 saturated carbocycles. The van der Waals surface area contributed by atoms with E-state index in [9.17, 15) is 4.79 Å². The van der Waals surface area contributed by atoms with Gasteiger partial charge in [0.05, 0.1) is 17.8 Å². The molecule has 2 rings (SSSR count). The van der Waals surface area contributed by atoms with Crippen LogP contribution in [0.25, 0.3) is 10.9 Å². The summed E-state index contributed by atoms with van der Waals surface area (Å²) in [5, 5.41) is 8.49. The summed E-state index contributed by atoms with van der Waals surface area (Å²) >= 11 is 5.49. The zero-order valence-corrected chi connectivity index (χ0v) is 12.7. The predicted octanol–water partition coefficient (Wildman–Crippen LogP) is 2.94. The second-order valence-electron chi connectivity index (χ2n) is 5.28. The zero-order chi connectivity index (χ0) is 14.5. The van der Waals surface area contributed by atoms with Crippen LogP contribution in [0.5, 0.6) is 0 Å². The monoisotopic (exact) mass is 293 g/mol. The summed E-state index contributed by atoms with van der Waals surface area (Å²) in [5.41, 5.74) is 2.01. The highest BCUT2D eigenvalue weighted by atomic mass is 35.5. The number of nitrogens with zero attached hydrogens (tertiary/aromatic N) is 2. The molecule has 0 spiro atoms. The summed E-state index contributed by atoms with van der Waals surface area (Å²) in [6, 6.07) is 8.10. The third-order valence-corrected chi connectivity index (χ3v) is 3.47. The number of hydrogen-bond acceptors (Lipinski definition) is 2. The molecule has 1 amide bonds. The number of carbonyl (C=O) groups is 1. The first kappa shape index (κ1) is 14.9. The largest absolute Gasteiger partial charge is 0.349 e. The summed E-state index contributed by atoms with van der Waals surface area (Å²) in [5.74, 6) is 0.441. The van der Waals surface area contributed by atoms with Gasteiger partial charge in [-0.25, -0.2) is 0 Å². The minimum Gasteiger partial charge on any atom is -0.349 e. The van der Waals surface area contributed by atoms with Crippen LogP contribution in [0.15, 0.2) is 24.3 Å². The highest BCUT2D eigenvalue weighted by Gasteiger charge is 2.11. The van der Waals surface area contributed by atoms with E-state index in [0.29, 0.717) is 12.5 Å². The lowest BCUT2D eigenvalue weighted by Crippen LogP contribution is -2.24. The molecule has 2 aromatic rings. The molecule has 4 nitrogen and oxygen atoms in total. The van der Waals surface area contributed by atoms with E-state index in [1.165, 1.54) is 0 Å². The van der Waals surface area contributed by atoms with Crippen LogP contribution in [0.3, 0.4) is 0 Å². The summed E-state index contributed by atoms with van der Waals surface area (Å²) in [7, 11) is 0. The van der Waals surface area contributed by atoms with Crippen LogP contribution in [-0.2, 0) is 17.9 Å². The van der Waals surface area contributed by atoms with Crippen molar-refractivity contribution < 1.29 is 4.79 Å². The van der Waals surface area contributed by atoms with Crippen LogP contribution in [0.1, 0.15) is 26.0 Å². The van der Waals surface area contributed by atoms with Gasteiger partial charge in [0.2, 0.25) is 5.91 Å². The van der Waals surface area contributed by atoms with Gasteiger partial charge in [0.1, 0.15) is 5.88 Å². The van der Waals surface area contributed by atoms with Crippen molar-refractivity contribution in [2.24, 2.45) is 5.92 Å². The SMILES string of the molecule is CC(C)CCn1nc(CNC(=O)CCl)c2ccccc21. The summed E-state index contributed by atoms with van der Waals surface area (Å²) < 4.78 is 2.03. The average Bonchev–Trinajstić information content (AvgIpc) is 2.81. The molecule has 1 aromatic carbocycles. The number of nitrogens with one attached hydrogen (secondary N) is 1. The topological polar surface area (TPSA) is 46.9 Å². The molecule has 0 unspecified atom stereocenters. The van der Waals surface area contributed by atoms with Crippen LogP contribution >= 0.6 is 11.6 Å². The maximum absolute atomic E-state index is 11.3. The van der Waals surface area contributed by atoms with E-state index in [1.807, 2.05) is 22.9 Å². The van der Waals surface area contributed by atoms with Gasteiger partial charge >= 0.3 is 0 Å². The highest BCUT2D eigenvalue weighted by Crippen LogP contribution is 2.19. The van der Waals surface area contributed by atoms with Crippen molar-refractivity contribution >= 4 is 28.4 Å². The van der Waals surface area contributed by atoms with Crippen LogP contribution < -0.4 is 5.32 Å². The van der Waals surface area contributed by atoms with E-state index in [4.69, 9.17) is 11.6 Å². The lowest BCUT2D eigenvalue weighted by atomic mass is 10.1. The first-order valence-corrected chi connectivity index (χ1v) is 7.42. The van der Waals surface area contributed by atoms with Crippen LogP contribution in [0.2, 0.25) is 0 Å². The molecule has 0 aliphatic carbocycles. The van der Waals surface area contributed by atoms with Crippen molar-refractivity contribution in [2.75, 3.05) is 5.88 Å². The van der Waals surface area contributed by atoms with Crippen molar-refractivity contribution in [1.29, 1.82) is 0 Å². The van der Waals surface area contributed by atoms with Gasteiger partial charge in [-0.15, -0.1) is 11.6 Å². The molecule has 108 valence electrons.